The van der Waals surface area contributed by atoms with Crippen molar-refractivity contribution in [1.29, 1.82) is 0 Å². The van der Waals surface area contributed by atoms with Crippen LogP contribution in [0.2, 0.25) is 5.15 Å². The molecular weight excluding hydrogens is 406 g/mol. The van der Waals surface area contributed by atoms with Gasteiger partial charge in [-0.15, -0.1) is 0 Å². The predicted molar refractivity (Wildman–Crippen MR) is 113 cm³/mol. The summed E-state index contributed by atoms with van der Waals surface area (Å²) < 4.78 is 0. The first kappa shape index (κ1) is 21.4. The van der Waals surface area contributed by atoms with Crippen molar-refractivity contribution in [3.05, 3.63) is 59.4 Å². The van der Waals surface area contributed by atoms with Gasteiger partial charge in [-0.05, 0) is 35.9 Å². The first-order valence-electron chi connectivity index (χ1n) is 9.38. The summed E-state index contributed by atoms with van der Waals surface area (Å²) in [6, 6.07) is 6.30. The third kappa shape index (κ3) is 4.49. The maximum atomic E-state index is 12.2. The van der Waals surface area contributed by atoms with Crippen molar-refractivity contribution >= 4 is 29.3 Å². The SMILES string of the molecule is C=CC(=O)N1CCN(C(C)=O)[C@H](c2cc(Cl)nc(-c3cc(C(=O)NC)ccn3)c2)C1. The summed E-state index contributed by atoms with van der Waals surface area (Å²) in [6.45, 7) is 6.19. The van der Waals surface area contributed by atoms with E-state index < -0.39 is 0 Å². The van der Waals surface area contributed by atoms with Crippen LogP contribution >= 0.6 is 11.6 Å². The Morgan fingerprint density at radius 3 is 2.67 bits per heavy atom. The molecule has 0 spiro atoms. The van der Waals surface area contributed by atoms with Gasteiger partial charge in [0.2, 0.25) is 11.8 Å². The summed E-state index contributed by atoms with van der Waals surface area (Å²) in [5.41, 5.74) is 2.12. The quantitative estimate of drug-likeness (QED) is 0.595. The van der Waals surface area contributed by atoms with Crippen LogP contribution < -0.4 is 5.32 Å². The zero-order chi connectivity index (χ0) is 21.8. The molecule has 30 heavy (non-hydrogen) atoms. The lowest BCUT2D eigenvalue weighted by atomic mass is 10.0. The normalized spacial score (nSPS) is 16.2. The molecule has 3 amide bonds. The highest BCUT2D eigenvalue weighted by Crippen LogP contribution is 2.30. The largest absolute Gasteiger partial charge is 0.355 e. The second kappa shape index (κ2) is 9.04. The van der Waals surface area contributed by atoms with E-state index in [9.17, 15) is 14.4 Å². The van der Waals surface area contributed by atoms with Crippen LogP contribution in [0.1, 0.15) is 28.9 Å². The minimum absolute atomic E-state index is 0.0973. The topological polar surface area (TPSA) is 95.5 Å². The minimum atomic E-state index is -0.387. The lowest BCUT2D eigenvalue weighted by molar-refractivity contribution is -0.139. The number of nitrogens with one attached hydrogen (secondary N) is 1. The second-order valence-electron chi connectivity index (χ2n) is 6.83. The third-order valence-corrected chi connectivity index (χ3v) is 5.18. The average molecular weight is 428 g/mol. The molecule has 1 aliphatic heterocycles. The molecule has 1 atom stereocenters. The Morgan fingerprint density at radius 1 is 1.23 bits per heavy atom. The number of nitrogens with zero attached hydrogens (tertiary/aromatic N) is 4. The van der Waals surface area contributed by atoms with Crippen molar-refractivity contribution in [2.75, 3.05) is 26.7 Å². The molecule has 0 aliphatic carbocycles. The first-order valence-corrected chi connectivity index (χ1v) is 9.76. The van der Waals surface area contributed by atoms with Crippen molar-refractivity contribution in [3.63, 3.8) is 0 Å². The fourth-order valence-corrected chi connectivity index (χ4v) is 3.69. The molecule has 1 N–H and O–H groups in total. The number of aromatic nitrogens is 2. The standard InChI is InChI=1S/C21H22ClN5O3/c1-4-20(29)26-7-8-27(13(2)28)18(12-26)15-10-17(25-19(22)11-15)16-9-14(5-6-24-16)21(30)23-3/h4-6,9-11,18H,1,7-8,12H2,2-3H3,(H,23,30)/t18-/m0/s1. The summed E-state index contributed by atoms with van der Waals surface area (Å²) in [4.78, 5) is 48.3. The van der Waals surface area contributed by atoms with Gasteiger partial charge < -0.3 is 15.1 Å². The highest BCUT2D eigenvalue weighted by atomic mass is 35.5. The molecule has 8 nitrogen and oxygen atoms in total. The molecule has 3 rings (SSSR count). The number of amides is 3. The van der Waals surface area contributed by atoms with Crippen LogP contribution in [0.25, 0.3) is 11.4 Å². The monoisotopic (exact) mass is 427 g/mol. The van der Waals surface area contributed by atoms with Crippen molar-refractivity contribution in [1.82, 2.24) is 25.1 Å². The summed E-state index contributed by atoms with van der Waals surface area (Å²) in [5, 5.41) is 2.80. The number of hydrogen-bond acceptors (Lipinski definition) is 5. The number of hydrogen-bond donors (Lipinski definition) is 1. The fourth-order valence-electron chi connectivity index (χ4n) is 3.47. The summed E-state index contributed by atoms with van der Waals surface area (Å²) in [6.07, 6.45) is 2.79. The molecule has 2 aromatic heterocycles. The van der Waals surface area contributed by atoms with Crippen LogP contribution in [-0.2, 0) is 9.59 Å². The molecular formula is C21H22ClN5O3. The van der Waals surface area contributed by atoms with Crippen molar-refractivity contribution in [3.8, 4) is 11.4 Å². The molecule has 3 heterocycles. The molecule has 0 radical (unpaired) electrons. The van der Waals surface area contributed by atoms with Gasteiger partial charge in [0, 0.05) is 45.4 Å². The Bertz CT molecular complexity index is 1010. The van der Waals surface area contributed by atoms with Crippen LogP contribution in [-0.4, -0.2) is 64.2 Å². The van der Waals surface area contributed by atoms with E-state index in [0.29, 0.717) is 36.6 Å². The molecule has 1 saturated heterocycles. The number of piperazine rings is 1. The first-order chi connectivity index (χ1) is 14.3. The highest BCUT2D eigenvalue weighted by molar-refractivity contribution is 6.29. The fraction of sp³-hybridized carbons (Fsp3) is 0.286. The van der Waals surface area contributed by atoms with E-state index in [-0.39, 0.29) is 28.9 Å². The molecule has 2 aromatic rings. The molecule has 1 aliphatic rings. The Labute approximate surface area is 179 Å². The third-order valence-electron chi connectivity index (χ3n) is 4.98. The Hall–Kier alpha value is -3.26. The number of pyridine rings is 2. The number of carbonyl (C=O) groups excluding carboxylic acids is 3. The smallest absolute Gasteiger partial charge is 0.251 e. The molecule has 0 saturated carbocycles. The maximum absolute atomic E-state index is 12.2. The molecule has 1 fully saturated rings. The number of rotatable bonds is 4. The van der Waals surface area contributed by atoms with Gasteiger partial charge in [0.25, 0.3) is 5.91 Å². The number of carbonyl (C=O) groups is 3. The average Bonchev–Trinajstić information content (AvgIpc) is 2.77. The van der Waals surface area contributed by atoms with Gasteiger partial charge in [-0.3, -0.25) is 19.4 Å². The van der Waals surface area contributed by atoms with Crippen LogP contribution in [0, 0.1) is 0 Å². The Morgan fingerprint density at radius 2 is 2.00 bits per heavy atom. The number of halogens is 1. The molecule has 0 bridgehead atoms. The van der Waals surface area contributed by atoms with Gasteiger partial charge >= 0.3 is 0 Å². The summed E-state index contributed by atoms with van der Waals surface area (Å²) in [5.74, 6) is -0.530. The van der Waals surface area contributed by atoms with Crippen molar-refractivity contribution in [2.45, 2.75) is 13.0 Å². The summed E-state index contributed by atoms with van der Waals surface area (Å²) >= 11 is 6.28. The second-order valence-corrected chi connectivity index (χ2v) is 7.22. The van der Waals surface area contributed by atoms with E-state index in [4.69, 9.17) is 11.6 Å². The van der Waals surface area contributed by atoms with E-state index in [1.165, 1.54) is 19.2 Å². The van der Waals surface area contributed by atoms with E-state index in [2.05, 4.69) is 21.9 Å². The van der Waals surface area contributed by atoms with Gasteiger partial charge in [-0.1, -0.05) is 18.2 Å². The predicted octanol–water partition coefficient (Wildman–Crippen LogP) is 2.07. The lowest BCUT2D eigenvalue weighted by Crippen LogP contribution is -2.51. The van der Waals surface area contributed by atoms with Crippen LogP contribution in [0.5, 0.6) is 0 Å². The van der Waals surface area contributed by atoms with Crippen molar-refractivity contribution < 1.29 is 14.4 Å². The maximum Gasteiger partial charge on any atom is 0.251 e. The molecule has 156 valence electrons. The Kier molecular flexibility index (Phi) is 6.47. The highest BCUT2D eigenvalue weighted by Gasteiger charge is 2.32. The van der Waals surface area contributed by atoms with Gasteiger partial charge in [-0.2, -0.15) is 0 Å². The van der Waals surface area contributed by atoms with Crippen LogP contribution in [0.3, 0.4) is 0 Å². The minimum Gasteiger partial charge on any atom is -0.355 e. The van der Waals surface area contributed by atoms with Crippen molar-refractivity contribution in [2.24, 2.45) is 0 Å². The molecule has 9 heteroatoms. The molecule has 0 aromatic carbocycles. The van der Waals surface area contributed by atoms with Gasteiger partial charge in [0.1, 0.15) is 5.15 Å². The summed E-state index contributed by atoms with van der Waals surface area (Å²) in [7, 11) is 1.55. The van der Waals surface area contributed by atoms with E-state index >= 15 is 0 Å². The lowest BCUT2D eigenvalue weighted by Gasteiger charge is -2.41. The zero-order valence-electron chi connectivity index (χ0n) is 16.8. The van der Waals surface area contributed by atoms with Gasteiger partial charge in [0.15, 0.2) is 0 Å². The Balaban J connectivity index is 2.02. The van der Waals surface area contributed by atoms with E-state index in [0.717, 1.165) is 5.56 Å². The van der Waals surface area contributed by atoms with E-state index in [1.54, 1.807) is 41.1 Å². The van der Waals surface area contributed by atoms with E-state index in [1.807, 2.05) is 0 Å². The molecule has 0 unspecified atom stereocenters. The van der Waals surface area contributed by atoms with Crippen LogP contribution in [0.4, 0.5) is 0 Å². The van der Waals surface area contributed by atoms with Gasteiger partial charge in [0.05, 0.1) is 17.4 Å². The van der Waals surface area contributed by atoms with Gasteiger partial charge in [-0.25, -0.2) is 4.98 Å². The van der Waals surface area contributed by atoms with Crippen LogP contribution in [0.15, 0.2) is 43.1 Å². The zero-order valence-corrected chi connectivity index (χ0v) is 17.5.